The predicted molar refractivity (Wildman–Crippen MR) is 44.8 cm³/mol. The van der Waals surface area contributed by atoms with Crippen LogP contribution in [0.3, 0.4) is 0 Å². The van der Waals surface area contributed by atoms with Crippen molar-refractivity contribution in [3.05, 3.63) is 0 Å². The summed E-state index contributed by atoms with van der Waals surface area (Å²) < 4.78 is 0. The van der Waals surface area contributed by atoms with E-state index >= 15 is 0 Å². The van der Waals surface area contributed by atoms with Crippen LogP contribution in [-0.2, 0) is 4.79 Å². The van der Waals surface area contributed by atoms with Crippen molar-refractivity contribution in [2.75, 3.05) is 6.54 Å². The summed E-state index contributed by atoms with van der Waals surface area (Å²) in [4.78, 5) is 10.9. The van der Waals surface area contributed by atoms with Gasteiger partial charge in [0.2, 0.25) is 5.91 Å². The molecule has 62 valence electrons. The fraction of sp³-hybridized carbons (Fsp3) is 0.875. The van der Waals surface area contributed by atoms with Crippen LogP contribution in [0.2, 0.25) is 0 Å². The Morgan fingerprint density at radius 2 is 1.90 bits per heavy atom. The second-order valence-electron chi connectivity index (χ2n) is 3.29. The van der Waals surface area contributed by atoms with Crippen LogP contribution < -0.4 is 5.32 Å². The number of rotatable bonds is 3. The minimum absolute atomic E-state index is 0. The van der Waals surface area contributed by atoms with Crippen molar-refractivity contribution in [2.45, 2.75) is 27.7 Å². The van der Waals surface area contributed by atoms with Crippen LogP contribution >= 0.6 is 0 Å². The largest absolute Gasteiger partial charge is 0.356 e. The van der Waals surface area contributed by atoms with Gasteiger partial charge < -0.3 is 5.32 Å². The molecule has 1 amide bonds. The third kappa shape index (κ3) is 4.36. The standard InChI is InChI=1S/C8H17NO.H2/c1-6(2)5-9-8(10)7(3)4;/h6-7H,5H2,1-4H3,(H,9,10);1H. The SMILES string of the molecule is CC(C)CNC(=O)C(C)C.[HH]. The molecule has 1 N–H and O–H groups in total. The van der Waals surface area contributed by atoms with Gasteiger partial charge in [-0.15, -0.1) is 0 Å². The maximum Gasteiger partial charge on any atom is 0.222 e. The summed E-state index contributed by atoms with van der Waals surface area (Å²) in [6.07, 6.45) is 0. The molecule has 0 aromatic carbocycles. The molecule has 0 saturated heterocycles. The Labute approximate surface area is 64.5 Å². The van der Waals surface area contributed by atoms with E-state index in [2.05, 4.69) is 19.2 Å². The molecule has 0 unspecified atom stereocenters. The second kappa shape index (κ2) is 4.31. The Hall–Kier alpha value is -0.530. The molecule has 0 heterocycles. The molecular formula is C8H19NO. The topological polar surface area (TPSA) is 29.1 Å². The molecule has 0 aromatic rings. The van der Waals surface area contributed by atoms with Crippen LogP contribution in [-0.4, -0.2) is 12.5 Å². The highest BCUT2D eigenvalue weighted by molar-refractivity contribution is 5.77. The van der Waals surface area contributed by atoms with E-state index in [1.54, 1.807) is 0 Å². The van der Waals surface area contributed by atoms with Gasteiger partial charge in [-0.2, -0.15) is 0 Å². The lowest BCUT2D eigenvalue weighted by Crippen LogP contribution is -2.30. The van der Waals surface area contributed by atoms with Crippen molar-refractivity contribution < 1.29 is 6.22 Å². The molecule has 10 heavy (non-hydrogen) atoms. The van der Waals surface area contributed by atoms with E-state index in [0.29, 0.717) is 5.92 Å². The fourth-order valence-electron chi connectivity index (χ4n) is 0.509. The summed E-state index contributed by atoms with van der Waals surface area (Å²) in [5, 5.41) is 2.84. The third-order valence-corrected chi connectivity index (χ3v) is 1.21. The number of carbonyl (C=O) groups excluding carboxylic acids is 1. The first-order valence-electron chi connectivity index (χ1n) is 3.81. The first kappa shape index (κ1) is 9.47. The van der Waals surface area contributed by atoms with Crippen molar-refractivity contribution in [3.63, 3.8) is 0 Å². The van der Waals surface area contributed by atoms with Crippen LogP contribution in [0.15, 0.2) is 0 Å². The summed E-state index contributed by atoms with van der Waals surface area (Å²) >= 11 is 0. The van der Waals surface area contributed by atoms with E-state index < -0.39 is 0 Å². The van der Waals surface area contributed by atoms with E-state index in [0.717, 1.165) is 6.54 Å². The van der Waals surface area contributed by atoms with E-state index in [4.69, 9.17) is 0 Å². The van der Waals surface area contributed by atoms with Gasteiger partial charge in [-0.05, 0) is 5.92 Å². The van der Waals surface area contributed by atoms with Gasteiger partial charge in [0.15, 0.2) is 0 Å². The van der Waals surface area contributed by atoms with Gasteiger partial charge in [0.05, 0.1) is 0 Å². The zero-order chi connectivity index (χ0) is 8.15. The van der Waals surface area contributed by atoms with Crippen LogP contribution in [0.4, 0.5) is 0 Å². The molecule has 0 aliphatic rings. The zero-order valence-corrected chi connectivity index (χ0v) is 7.27. The van der Waals surface area contributed by atoms with E-state index in [9.17, 15) is 4.79 Å². The fourth-order valence-corrected chi connectivity index (χ4v) is 0.509. The van der Waals surface area contributed by atoms with E-state index in [1.807, 2.05) is 13.8 Å². The Morgan fingerprint density at radius 3 is 2.20 bits per heavy atom. The molecule has 0 atom stereocenters. The summed E-state index contributed by atoms with van der Waals surface area (Å²) in [6, 6.07) is 0. The Bertz CT molecular complexity index is 113. The van der Waals surface area contributed by atoms with Gasteiger partial charge in [0.1, 0.15) is 0 Å². The lowest BCUT2D eigenvalue weighted by atomic mass is 10.2. The van der Waals surface area contributed by atoms with Gasteiger partial charge in [-0.3, -0.25) is 4.79 Å². The highest BCUT2D eigenvalue weighted by Gasteiger charge is 2.05. The van der Waals surface area contributed by atoms with Crippen molar-refractivity contribution in [3.8, 4) is 0 Å². The molecule has 0 aliphatic heterocycles. The number of nitrogens with one attached hydrogen (secondary N) is 1. The van der Waals surface area contributed by atoms with E-state index in [1.165, 1.54) is 0 Å². The van der Waals surface area contributed by atoms with Gasteiger partial charge in [0, 0.05) is 13.9 Å². The van der Waals surface area contributed by atoms with Crippen molar-refractivity contribution >= 4 is 5.91 Å². The number of hydrogen-bond acceptors (Lipinski definition) is 1. The predicted octanol–water partition coefficient (Wildman–Crippen LogP) is 1.66. The summed E-state index contributed by atoms with van der Waals surface area (Å²) in [5.74, 6) is 0.801. The Morgan fingerprint density at radius 1 is 1.40 bits per heavy atom. The summed E-state index contributed by atoms with van der Waals surface area (Å²) in [5.41, 5.74) is 0. The van der Waals surface area contributed by atoms with Crippen molar-refractivity contribution in [1.29, 1.82) is 0 Å². The molecule has 2 nitrogen and oxygen atoms in total. The maximum atomic E-state index is 10.9. The van der Waals surface area contributed by atoms with Crippen molar-refractivity contribution in [2.24, 2.45) is 11.8 Å². The van der Waals surface area contributed by atoms with Gasteiger partial charge in [-0.1, -0.05) is 27.7 Å². The lowest BCUT2D eigenvalue weighted by molar-refractivity contribution is -0.124. The monoisotopic (exact) mass is 145 g/mol. The minimum Gasteiger partial charge on any atom is -0.356 e. The zero-order valence-electron chi connectivity index (χ0n) is 7.27. The van der Waals surface area contributed by atoms with Crippen LogP contribution in [0.25, 0.3) is 0 Å². The molecule has 0 radical (unpaired) electrons. The van der Waals surface area contributed by atoms with Crippen LogP contribution in [0, 0.1) is 11.8 Å². The quantitative estimate of drug-likeness (QED) is 0.643. The van der Waals surface area contributed by atoms with Crippen LogP contribution in [0.1, 0.15) is 29.1 Å². The molecule has 0 aliphatic carbocycles. The molecule has 0 bridgehead atoms. The Balaban J connectivity index is 0. The highest BCUT2D eigenvalue weighted by atomic mass is 16.1. The second-order valence-corrected chi connectivity index (χ2v) is 3.29. The highest BCUT2D eigenvalue weighted by Crippen LogP contribution is 1.92. The third-order valence-electron chi connectivity index (χ3n) is 1.21. The van der Waals surface area contributed by atoms with Crippen molar-refractivity contribution in [1.82, 2.24) is 5.32 Å². The molecule has 0 aromatic heterocycles. The average molecular weight is 145 g/mol. The first-order valence-corrected chi connectivity index (χ1v) is 3.81. The summed E-state index contributed by atoms with van der Waals surface area (Å²) in [7, 11) is 0. The van der Waals surface area contributed by atoms with Gasteiger partial charge >= 0.3 is 0 Å². The molecule has 0 spiro atoms. The molecule has 0 fully saturated rings. The summed E-state index contributed by atoms with van der Waals surface area (Å²) in [6.45, 7) is 8.75. The van der Waals surface area contributed by atoms with E-state index in [-0.39, 0.29) is 13.3 Å². The first-order chi connectivity index (χ1) is 4.54. The minimum atomic E-state index is 0. The molecule has 0 saturated carbocycles. The lowest BCUT2D eigenvalue weighted by Gasteiger charge is -2.08. The van der Waals surface area contributed by atoms with Gasteiger partial charge in [-0.25, -0.2) is 0 Å². The smallest absolute Gasteiger partial charge is 0.222 e. The Kier molecular flexibility index (Phi) is 4.08. The molecule has 0 rings (SSSR count). The maximum absolute atomic E-state index is 10.9. The normalized spacial score (nSPS) is 10.6. The number of carbonyl (C=O) groups is 1. The molecule has 2 heteroatoms. The average Bonchev–Trinajstić information content (AvgIpc) is 1.82. The molecular weight excluding hydrogens is 126 g/mol. The number of amides is 1. The number of hydrogen-bond donors (Lipinski definition) is 1. The van der Waals surface area contributed by atoms with Crippen LogP contribution in [0.5, 0.6) is 0 Å². The van der Waals surface area contributed by atoms with Gasteiger partial charge in [0.25, 0.3) is 0 Å².